The third-order valence-corrected chi connectivity index (χ3v) is 3.61. The number of aryl methyl sites for hydroxylation is 3. The second-order valence-electron chi connectivity index (χ2n) is 5.59. The molecule has 3 nitrogen and oxygen atoms in total. The maximum absolute atomic E-state index is 12.5. The van der Waals surface area contributed by atoms with E-state index in [2.05, 4.69) is 24.4 Å². The van der Waals surface area contributed by atoms with E-state index in [4.69, 9.17) is 4.74 Å². The van der Waals surface area contributed by atoms with Crippen LogP contribution in [0.25, 0.3) is 0 Å². The molecule has 22 heavy (non-hydrogen) atoms. The van der Waals surface area contributed by atoms with Crippen LogP contribution in [0.2, 0.25) is 0 Å². The zero-order chi connectivity index (χ0) is 16.1. The molecular formula is C19H23NO2. The Kier molecular flexibility index (Phi) is 5.21. The Balaban J connectivity index is 2.13. The standard InChI is InChI=1S/C19H23NO2/c1-5-17(22-16-9-7-6-8-10-16)19(21)20-18-14(3)11-13(2)12-15(18)4/h6-12,17H,5H2,1-4H3,(H,20,21)/t17-/m0/s1. The molecule has 1 atom stereocenters. The van der Waals surface area contributed by atoms with Gasteiger partial charge >= 0.3 is 0 Å². The largest absolute Gasteiger partial charge is 0.481 e. The first-order valence-corrected chi connectivity index (χ1v) is 7.61. The molecule has 0 bridgehead atoms. The molecule has 1 N–H and O–H groups in total. The molecule has 0 radical (unpaired) electrons. The van der Waals surface area contributed by atoms with Gasteiger partial charge in [-0.15, -0.1) is 0 Å². The van der Waals surface area contributed by atoms with E-state index in [9.17, 15) is 4.79 Å². The van der Waals surface area contributed by atoms with Crippen molar-refractivity contribution in [1.29, 1.82) is 0 Å². The van der Waals surface area contributed by atoms with Crippen LogP contribution in [0.1, 0.15) is 30.0 Å². The van der Waals surface area contributed by atoms with Crippen LogP contribution in [0.15, 0.2) is 42.5 Å². The van der Waals surface area contributed by atoms with Gasteiger partial charge in [0.2, 0.25) is 0 Å². The first-order chi connectivity index (χ1) is 10.5. The molecule has 0 aliphatic heterocycles. The molecule has 0 unspecified atom stereocenters. The Morgan fingerprint density at radius 3 is 2.23 bits per heavy atom. The number of hydrogen-bond donors (Lipinski definition) is 1. The molecule has 2 aromatic carbocycles. The van der Waals surface area contributed by atoms with Gasteiger partial charge in [0.1, 0.15) is 5.75 Å². The molecular weight excluding hydrogens is 274 g/mol. The van der Waals surface area contributed by atoms with Crippen LogP contribution in [0.5, 0.6) is 5.75 Å². The number of ether oxygens (including phenoxy) is 1. The van der Waals surface area contributed by atoms with Crippen LogP contribution in [0.4, 0.5) is 5.69 Å². The van der Waals surface area contributed by atoms with Gasteiger partial charge in [-0.1, -0.05) is 42.8 Å². The van der Waals surface area contributed by atoms with Crippen LogP contribution < -0.4 is 10.1 Å². The highest BCUT2D eigenvalue weighted by molar-refractivity contribution is 5.95. The summed E-state index contributed by atoms with van der Waals surface area (Å²) in [5.74, 6) is 0.600. The molecule has 0 aliphatic rings. The topological polar surface area (TPSA) is 38.3 Å². The quantitative estimate of drug-likeness (QED) is 0.888. The van der Waals surface area contributed by atoms with Gasteiger partial charge in [0.25, 0.3) is 5.91 Å². The summed E-state index contributed by atoms with van der Waals surface area (Å²) in [5, 5.41) is 3.01. The van der Waals surface area contributed by atoms with E-state index in [1.165, 1.54) is 5.56 Å². The number of amides is 1. The lowest BCUT2D eigenvalue weighted by Gasteiger charge is -2.19. The van der Waals surface area contributed by atoms with E-state index in [1.54, 1.807) is 0 Å². The van der Waals surface area contributed by atoms with E-state index in [0.29, 0.717) is 12.2 Å². The molecule has 0 fully saturated rings. The van der Waals surface area contributed by atoms with E-state index in [1.807, 2.05) is 51.1 Å². The first kappa shape index (κ1) is 16.1. The molecule has 0 heterocycles. The van der Waals surface area contributed by atoms with Crippen LogP contribution in [0.3, 0.4) is 0 Å². The summed E-state index contributed by atoms with van der Waals surface area (Å²) < 4.78 is 5.79. The lowest BCUT2D eigenvalue weighted by molar-refractivity contribution is -0.122. The SMILES string of the molecule is CC[C@H](Oc1ccccc1)C(=O)Nc1c(C)cc(C)cc1C. The maximum atomic E-state index is 12.5. The van der Waals surface area contributed by atoms with Gasteiger partial charge in [0.15, 0.2) is 6.10 Å². The molecule has 0 spiro atoms. The fourth-order valence-corrected chi connectivity index (χ4v) is 2.57. The Labute approximate surface area is 132 Å². The highest BCUT2D eigenvalue weighted by Gasteiger charge is 2.19. The Hall–Kier alpha value is -2.29. The minimum Gasteiger partial charge on any atom is -0.481 e. The van der Waals surface area contributed by atoms with Crippen molar-refractivity contribution in [2.75, 3.05) is 5.32 Å². The number of hydrogen-bond acceptors (Lipinski definition) is 2. The molecule has 0 saturated heterocycles. The van der Waals surface area contributed by atoms with Crippen molar-refractivity contribution in [2.45, 2.75) is 40.2 Å². The summed E-state index contributed by atoms with van der Waals surface area (Å²) in [4.78, 5) is 12.5. The summed E-state index contributed by atoms with van der Waals surface area (Å²) in [7, 11) is 0. The number of rotatable bonds is 5. The van der Waals surface area contributed by atoms with E-state index < -0.39 is 6.10 Å². The lowest BCUT2D eigenvalue weighted by atomic mass is 10.0. The first-order valence-electron chi connectivity index (χ1n) is 7.61. The summed E-state index contributed by atoms with van der Waals surface area (Å²) in [6, 6.07) is 13.6. The molecule has 0 aromatic heterocycles. The van der Waals surface area contributed by atoms with E-state index in [0.717, 1.165) is 16.8 Å². The average Bonchev–Trinajstić information content (AvgIpc) is 2.49. The normalized spacial score (nSPS) is 11.8. The molecule has 0 aliphatic carbocycles. The molecule has 2 rings (SSSR count). The van der Waals surface area contributed by atoms with Crippen molar-refractivity contribution >= 4 is 11.6 Å². The second kappa shape index (κ2) is 7.12. The van der Waals surface area contributed by atoms with Crippen LogP contribution in [0, 0.1) is 20.8 Å². The smallest absolute Gasteiger partial charge is 0.265 e. The van der Waals surface area contributed by atoms with E-state index in [-0.39, 0.29) is 5.91 Å². The van der Waals surface area contributed by atoms with Crippen molar-refractivity contribution in [3.63, 3.8) is 0 Å². The zero-order valence-corrected chi connectivity index (χ0v) is 13.6. The van der Waals surface area contributed by atoms with Crippen LogP contribution in [-0.4, -0.2) is 12.0 Å². The predicted octanol–water partition coefficient (Wildman–Crippen LogP) is 4.41. The Morgan fingerprint density at radius 1 is 1.09 bits per heavy atom. The van der Waals surface area contributed by atoms with Gasteiger partial charge in [0.05, 0.1) is 0 Å². The third kappa shape index (κ3) is 3.88. The van der Waals surface area contributed by atoms with Gasteiger partial charge in [0, 0.05) is 5.69 Å². The molecule has 2 aromatic rings. The summed E-state index contributed by atoms with van der Waals surface area (Å²) >= 11 is 0. The molecule has 3 heteroatoms. The fraction of sp³-hybridized carbons (Fsp3) is 0.316. The average molecular weight is 297 g/mol. The van der Waals surface area contributed by atoms with Crippen molar-refractivity contribution in [3.05, 3.63) is 59.2 Å². The second-order valence-corrected chi connectivity index (χ2v) is 5.59. The zero-order valence-electron chi connectivity index (χ0n) is 13.6. The Morgan fingerprint density at radius 2 is 1.68 bits per heavy atom. The number of nitrogens with one attached hydrogen (secondary N) is 1. The highest BCUT2D eigenvalue weighted by atomic mass is 16.5. The van der Waals surface area contributed by atoms with Crippen LogP contribution >= 0.6 is 0 Å². The highest BCUT2D eigenvalue weighted by Crippen LogP contribution is 2.23. The minimum atomic E-state index is -0.498. The van der Waals surface area contributed by atoms with Gasteiger partial charge in [-0.3, -0.25) is 4.79 Å². The summed E-state index contributed by atoms with van der Waals surface area (Å²) in [5.41, 5.74) is 4.21. The van der Waals surface area contributed by atoms with Crippen LogP contribution in [-0.2, 0) is 4.79 Å². The van der Waals surface area contributed by atoms with E-state index >= 15 is 0 Å². The fourth-order valence-electron chi connectivity index (χ4n) is 2.57. The molecule has 0 saturated carbocycles. The van der Waals surface area contributed by atoms with Gasteiger partial charge in [-0.2, -0.15) is 0 Å². The molecule has 1 amide bonds. The number of benzene rings is 2. The van der Waals surface area contributed by atoms with Crippen molar-refractivity contribution in [1.82, 2.24) is 0 Å². The third-order valence-electron chi connectivity index (χ3n) is 3.61. The summed E-state index contributed by atoms with van der Waals surface area (Å²) in [6.07, 6.45) is 0.118. The number of para-hydroxylation sites is 1. The number of carbonyl (C=O) groups is 1. The van der Waals surface area contributed by atoms with Crippen molar-refractivity contribution < 1.29 is 9.53 Å². The lowest BCUT2D eigenvalue weighted by Crippen LogP contribution is -2.32. The van der Waals surface area contributed by atoms with Gasteiger partial charge < -0.3 is 10.1 Å². The van der Waals surface area contributed by atoms with Crippen molar-refractivity contribution in [2.24, 2.45) is 0 Å². The summed E-state index contributed by atoms with van der Waals surface area (Å²) in [6.45, 7) is 8.02. The van der Waals surface area contributed by atoms with Gasteiger partial charge in [-0.05, 0) is 50.5 Å². The number of carbonyl (C=O) groups excluding carboxylic acids is 1. The monoisotopic (exact) mass is 297 g/mol. The van der Waals surface area contributed by atoms with Gasteiger partial charge in [-0.25, -0.2) is 0 Å². The number of anilines is 1. The Bertz CT molecular complexity index is 627. The molecule has 116 valence electrons. The minimum absolute atomic E-state index is 0.110. The predicted molar refractivity (Wildman–Crippen MR) is 90.4 cm³/mol. The van der Waals surface area contributed by atoms with Crippen molar-refractivity contribution in [3.8, 4) is 5.75 Å². The maximum Gasteiger partial charge on any atom is 0.265 e.